The monoisotopic (exact) mass is 482 g/mol. The fourth-order valence-corrected chi connectivity index (χ4v) is 4.71. The van der Waals surface area contributed by atoms with Crippen LogP contribution in [-0.4, -0.2) is 71.4 Å². The fourth-order valence-electron chi connectivity index (χ4n) is 4.71. The van der Waals surface area contributed by atoms with Crippen LogP contribution in [0.5, 0.6) is 0 Å². The number of rotatable bonds is 6. The summed E-state index contributed by atoms with van der Waals surface area (Å²) in [5.74, 6) is -0.0780. The third-order valence-corrected chi connectivity index (χ3v) is 6.58. The van der Waals surface area contributed by atoms with Gasteiger partial charge in [-0.05, 0) is 56.9 Å². The molecule has 1 N–H and O–H groups in total. The Labute approximate surface area is 208 Å². The number of morpholine rings is 1. The summed E-state index contributed by atoms with van der Waals surface area (Å²) in [5, 5.41) is 3.12. The number of hydrogen-bond donors (Lipinski definition) is 1. The van der Waals surface area contributed by atoms with Crippen molar-refractivity contribution in [3.8, 4) is 0 Å². The van der Waals surface area contributed by atoms with Crippen LogP contribution >= 0.6 is 0 Å². The Morgan fingerprint density at radius 2 is 1.69 bits per heavy atom. The van der Waals surface area contributed by atoms with Crippen molar-refractivity contribution in [3.05, 3.63) is 59.4 Å². The number of nitrogens with one attached hydrogen (secondary N) is 1. The molecule has 35 heavy (non-hydrogen) atoms. The number of nitrogens with zero attached hydrogens (tertiary/aromatic N) is 3. The Kier molecular flexibility index (Phi) is 8.13. The van der Waals surface area contributed by atoms with Gasteiger partial charge in [0.1, 0.15) is 11.3 Å². The standard InChI is InChI=1S/C27H38N4O4/c1-27(2,3)35-26(33)30-13-10-23(11-14-30)31-12-6-9-24(31)25(32)28-19-21-7-4-5-8-22(21)20-29-15-17-34-18-16-29/h4-9,12,23H,10-11,13-20H2,1-3H3,(H,28,32). The lowest BCUT2D eigenvalue weighted by atomic mass is 10.0. The first-order valence-electron chi connectivity index (χ1n) is 12.6. The molecule has 1 aromatic carbocycles. The Morgan fingerprint density at radius 3 is 2.37 bits per heavy atom. The van der Waals surface area contributed by atoms with Crippen molar-refractivity contribution in [2.75, 3.05) is 39.4 Å². The number of likely N-dealkylation sites (tertiary alicyclic amines) is 1. The minimum atomic E-state index is -0.500. The van der Waals surface area contributed by atoms with E-state index >= 15 is 0 Å². The van der Waals surface area contributed by atoms with Crippen LogP contribution in [0.2, 0.25) is 0 Å². The highest BCUT2D eigenvalue weighted by Gasteiger charge is 2.28. The molecule has 2 saturated heterocycles. The number of hydrogen-bond acceptors (Lipinski definition) is 5. The van der Waals surface area contributed by atoms with Gasteiger partial charge in [-0.3, -0.25) is 9.69 Å². The molecule has 0 radical (unpaired) electrons. The van der Waals surface area contributed by atoms with Gasteiger partial charge in [-0.2, -0.15) is 0 Å². The molecule has 8 nitrogen and oxygen atoms in total. The highest BCUT2D eigenvalue weighted by Crippen LogP contribution is 2.26. The van der Waals surface area contributed by atoms with Crippen molar-refractivity contribution in [1.82, 2.24) is 19.7 Å². The fraction of sp³-hybridized carbons (Fsp3) is 0.556. The van der Waals surface area contributed by atoms with Gasteiger partial charge in [-0.1, -0.05) is 24.3 Å². The van der Waals surface area contributed by atoms with Crippen molar-refractivity contribution in [3.63, 3.8) is 0 Å². The summed E-state index contributed by atoms with van der Waals surface area (Å²) in [5.41, 5.74) is 2.53. The zero-order valence-corrected chi connectivity index (χ0v) is 21.2. The normalized spacial score (nSPS) is 17.9. The molecule has 190 valence electrons. The first-order valence-corrected chi connectivity index (χ1v) is 12.6. The smallest absolute Gasteiger partial charge is 0.410 e. The van der Waals surface area contributed by atoms with E-state index < -0.39 is 5.60 Å². The second-order valence-electron chi connectivity index (χ2n) is 10.3. The van der Waals surface area contributed by atoms with Crippen LogP contribution in [0, 0.1) is 0 Å². The molecule has 2 fully saturated rings. The van der Waals surface area contributed by atoms with E-state index in [4.69, 9.17) is 9.47 Å². The van der Waals surface area contributed by atoms with Crippen LogP contribution < -0.4 is 5.32 Å². The average Bonchev–Trinajstić information content (AvgIpc) is 3.33. The summed E-state index contributed by atoms with van der Waals surface area (Å²) in [6, 6.07) is 12.3. The molecular formula is C27H38N4O4. The molecule has 2 amide bonds. The van der Waals surface area contributed by atoms with E-state index in [2.05, 4.69) is 33.0 Å². The third-order valence-electron chi connectivity index (χ3n) is 6.58. The quantitative estimate of drug-likeness (QED) is 0.677. The van der Waals surface area contributed by atoms with Crippen molar-refractivity contribution >= 4 is 12.0 Å². The molecule has 4 rings (SSSR count). The number of ether oxygens (including phenoxy) is 2. The summed E-state index contributed by atoms with van der Waals surface area (Å²) >= 11 is 0. The van der Waals surface area contributed by atoms with Crippen LogP contribution in [0.3, 0.4) is 0 Å². The predicted molar refractivity (Wildman–Crippen MR) is 134 cm³/mol. The third kappa shape index (κ3) is 6.86. The van der Waals surface area contributed by atoms with Gasteiger partial charge in [-0.25, -0.2) is 4.79 Å². The van der Waals surface area contributed by atoms with Gasteiger partial charge in [0.2, 0.25) is 0 Å². The van der Waals surface area contributed by atoms with Gasteiger partial charge in [0.25, 0.3) is 5.91 Å². The van der Waals surface area contributed by atoms with Crippen LogP contribution in [-0.2, 0) is 22.6 Å². The van der Waals surface area contributed by atoms with Gasteiger partial charge in [0.05, 0.1) is 13.2 Å². The minimum absolute atomic E-state index is 0.0780. The van der Waals surface area contributed by atoms with E-state index in [1.54, 1.807) is 4.90 Å². The molecule has 0 unspecified atom stereocenters. The molecule has 2 aliphatic heterocycles. The highest BCUT2D eigenvalue weighted by molar-refractivity contribution is 5.92. The number of piperidine rings is 1. The minimum Gasteiger partial charge on any atom is -0.444 e. The van der Waals surface area contributed by atoms with Crippen LogP contribution in [0.25, 0.3) is 0 Å². The largest absolute Gasteiger partial charge is 0.444 e. The summed E-state index contributed by atoms with van der Waals surface area (Å²) < 4.78 is 13.0. The second-order valence-corrected chi connectivity index (χ2v) is 10.3. The molecule has 3 heterocycles. The van der Waals surface area contributed by atoms with Gasteiger partial charge < -0.3 is 24.3 Å². The first-order chi connectivity index (χ1) is 16.8. The Balaban J connectivity index is 1.33. The number of amides is 2. The Morgan fingerprint density at radius 1 is 1.00 bits per heavy atom. The molecule has 0 atom stereocenters. The van der Waals surface area contributed by atoms with Crippen LogP contribution in [0.15, 0.2) is 42.6 Å². The van der Waals surface area contributed by atoms with E-state index in [1.165, 1.54) is 5.56 Å². The molecule has 8 heteroatoms. The van der Waals surface area contributed by atoms with E-state index in [9.17, 15) is 9.59 Å². The zero-order valence-electron chi connectivity index (χ0n) is 21.2. The number of aromatic nitrogens is 1. The highest BCUT2D eigenvalue weighted by atomic mass is 16.6. The van der Waals surface area contributed by atoms with Gasteiger partial charge in [0, 0.05) is 51.5 Å². The lowest BCUT2D eigenvalue weighted by Gasteiger charge is -2.34. The molecular weight excluding hydrogens is 444 g/mol. The molecule has 2 aromatic rings. The number of carbonyl (C=O) groups excluding carboxylic acids is 2. The van der Waals surface area contributed by atoms with Crippen molar-refractivity contribution < 1.29 is 19.1 Å². The lowest BCUT2D eigenvalue weighted by molar-refractivity contribution is 0.0187. The SMILES string of the molecule is CC(C)(C)OC(=O)N1CCC(n2cccc2C(=O)NCc2ccccc2CN2CCOCC2)CC1. The topological polar surface area (TPSA) is 76.0 Å². The maximum absolute atomic E-state index is 13.1. The second kappa shape index (κ2) is 11.3. The molecule has 1 aromatic heterocycles. The van der Waals surface area contributed by atoms with Crippen molar-refractivity contribution in [2.45, 2.75) is 58.3 Å². The van der Waals surface area contributed by atoms with Gasteiger partial charge in [-0.15, -0.1) is 0 Å². The molecule has 2 aliphatic rings. The van der Waals surface area contributed by atoms with Crippen molar-refractivity contribution in [2.24, 2.45) is 0 Å². The number of benzene rings is 1. The van der Waals surface area contributed by atoms with Crippen LogP contribution in [0.1, 0.15) is 61.3 Å². The zero-order chi connectivity index (χ0) is 24.8. The summed E-state index contributed by atoms with van der Waals surface area (Å²) in [6.07, 6.45) is 3.28. The van der Waals surface area contributed by atoms with E-state index in [-0.39, 0.29) is 18.0 Å². The Hall–Kier alpha value is -2.84. The molecule has 0 saturated carbocycles. The first kappa shape index (κ1) is 25.3. The maximum atomic E-state index is 13.1. The molecule has 0 bridgehead atoms. The lowest BCUT2D eigenvalue weighted by Crippen LogP contribution is -2.42. The van der Waals surface area contributed by atoms with E-state index in [0.717, 1.165) is 51.3 Å². The summed E-state index contributed by atoms with van der Waals surface area (Å²) in [6.45, 7) is 11.6. The van der Waals surface area contributed by atoms with Gasteiger partial charge >= 0.3 is 6.09 Å². The Bertz CT molecular complexity index is 999. The number of carbonyl (C=O) groups is 2. The molecule has 0 aliphatic carbocycles. The van der Waals surface area contributed by atoms with Crippen LogP contribution in [0.4, 0.5) is 4.79 Å². The van der Waals surface area contributed by atoms with Gasteiger partial charge in [0.15, 0.2) is 0 Å². The average molecular weight is 483 g/mol. The molecule has 0 spiro atoms. The van der Waals surface area contributed by atoms with E-state index in [1.807, 2.05) is 45.2 Å². The van der Waals surface area contributed by atoms with Crippen molar-refractivity contribution in [1.29, 1.82) is 0 Å². The summed E-state index contributed by atoms with van der Waals surface area (Å²) in [7, 11) is 0. The summed E-state index contributed by atoms with van der Waals surface area (Å²) in [4.78, 5) is 29.7. The van der Waals surface area contributed by atoms with E-state index in [0.29, 0.717) is 25.3 Å². The maximum Gasteiger partial charge on any atom is 0.410 e. The predicted octanol–water partition coefficient (Wildman–Crippen LogP) is 3.82.